The van der Waals surface area contributed by atoms with Crippen LogP contribution in [0.5, 0.6) is 5.75 Å². The smallest absolute Gasteiger partial charge is 0.180 e. The summed E-state index contributed by atoms with van der Waals surface area (Å²) in [5, 5.41) is 3.51. The third-order valence-corrected chi connectivity index (χ3v) is 7.28. The SMILES string of the molecule is C1=CCCC=C1.CCCC[C@]1(CC)CS(=O)(=O)c2cc(OC)ccc2CN1. The summed E-state index contributed by atoms with van der Waals surface area (Å²) >= 11 is 0. The van der Waals surface area contributed by atoms with Crippen molar-refractivity contribution in [3.05, 3.63) is 48.1 Å². The average Bonchev–Trinajstić information content (AvgIpc) is 2.82. The Morgan fingerprint density at radius 3 is 2.37 bits per heavy atom. The Kier molecular flexibility index (Phi) is 8.11. The van der Waals surface area contributed by atoms with Crippen molar-refractivity contribution in [2.24, 2.45) is 0 Å². The second kappa shape index (κ2) is 10.1. The zero-order valence-corrected chi connectivity index (χ0v) is 17.6. The van der Waals surface area contributed by atoms with Crippen molar-refractivity contribution in [2.45, 2.75) is 69.4 Å². The van der Waals surface area contributed by atoms with E-state index in [4.69, 9.17) is 4.74 Å². The van der Waals surface area contributed by atoms with Gasteiger partial charge in [0.1, 0.15) is 5.75 Å². The van der Waals surface area contributed by atoms with Crippen LogP contribution in [0, 0.1) is 0 Å². The van der Waals surface area contributed by atoms with E-state index in [1.54, 1.807) is 13.2 Å². The molecule has 1 N–H and O–H groups in total. The zero-order valence-electron chi connectivity index (χ0n) is 16.8. The molecule has 0 aromatic heterocycles. The molecule has 0 radical (unpaired) electrons. The van der Waals surface area contributed by atoms with Crippen molar-refractivity contribution < 1.29 is 13.2 Å². The van der Waals surface area contributed by atoms with Gasteiger partial charge in [0, 0.05) is 12.1 Å². The van der Waals surface area contributed by atoms with Crippen molar-refractivity contribution >= 4 is 9.84 Å². The van der Waals surface area contributed by atoms with Crippen LogP contribution in [0.4, 0.5) is 0 Å². The maximum absolute atomic E-state index is 12.8. The quantitative estimate of drug-likeness (QED) is 0.783. The van der Waals surface area contributed by atoms with Gasteiger partial charge >= 0.3 is 0 Å². The Morgan fingerprint density at radius 2 is 1.85 bits per heavy atom. The summed E-state index contributed by atoms with van der Waals surface area (Å²) in [6, 6.07) is 5.32. The number of ether oxygens (including phenoxy) is 1. The summed E-state index contributed by atoms with van der Waals surface area (Å²) in [5.74, 6) is 0.756. The number of allylic oxidation sites excluding steroid dienone is 4. The van der Waals surface area contributed by atoms with E-state index in [2.05, 4.69) is 43.5 Å². The third-order valence-electron chi connectivity index (χ3n) is 5.30. The Bertz CT molecular complexity index is 756. The molecule has 27 heavy (non-hydrogen) atoms. The maximum atomic E-state index is 12.8. The Balaban J connectivity index is 0.000000369. The standard InChI is InChI=1S/C16H25NO3S.C6H8/c1-4-6-9-16(5-2)12-21(18,19)15-10-14(20-3)8-7-13(15)11-17-16;1-2-4-6-5-3-1/h7-8,10,17H,4-6,9,11-12H2,1-3H3;1-4H,5-6H2/t16-;/m1./s1. The van der Waals surface area contributed by atoms with E-state index >= 15 is 0 Å². The molecule has 0 spiro atoms. The zero-order chi connectivity index (χ0) is 19.8. The minimum Gasteiger partial charge on any atom is -0.497 e. The number of fused-ring (bicyclic) bond motifs is 1. The first-order valence-electron chi connectivity index (χ1n) is 9.93. The molecule has 150 valence electrons. The molecule has 0 unspecified atom stereocenters. The van der Waals surface area contributed by atoms with Gasteiger partial charge in [0.15, 0.2) is 9.84 Å². The van der Waals surface area contributed by atoms with Crippen LogP contribution in [0.3, 0.4) is 0 Å². The first-order chi connectivity index (χ1) is 13.0. The molecule has 1 aliphatic carbocycles. The molecular formula is C22H33NO3S. The number of unbranched alkanes of at least 4 members (excludes halogenated alkanes) is 1. The molecule has 1 aliphatic heterocycles. The first-order valence-corrected chi connectivity index (χ1v) is 11.6. The van der Waals surface area contributed by atoms with Gasteiger partial charge in [0.05, 0.1) is 17.8 Å². The molecule has 0 amide bonds. The number of methoxy groups -OCH3 is 1. The Hall–Kier alpha value is -1.59. The van der Waals surface area contributed by atoms with Gasteiger partial charge in [-0.15, -0.1) is 0 Å². The summed E-state index contributed by atoms with van der Waals surface area (Å²) in [4.78, 5) is 0.418. The highest BCUT2D eigenvalue weighted by Gasteiger charge is 2.37. The van der Waals surface area contributed by atoms with Gasteiger partial charge in [-0.2, -0.15) is 0 Å². The van der Waals surface area contributed by atoms with Gasteiger partial charge in [-0.25, -0.2) is 8.42 Å². The predicted molar refractivity (Wildman–Crippen MR) is 112 cm³/mol. The second-order valence-corrected chi connectivity index (χ2v) is 9.22. The van der Waals surface area contributed by atoms with E-state index in [0.717, 1.165) is 31.2 Å². The summed E-state index contributed by atoms with van der Waals surface area (Å²) < 4.78 is 30.8. The van der Waals surface area contributed by atoms with Crippen molar-refractivity contribution in [1.82, 2.24) is 5.32 Å². The number of benzene rings is 1. The molecule has 1 aromatic carbocycles. The van der Waals surface area contributed by atoms with Crippen LogP contribution in [-0.2, 0) is 16.4 Å². The van der Waals surface area contributed by atoms with Gasteiger partial charge in [0.2, 0.25) is 0 Å². The van der Waals surface area contributed by atoms with Crippen molar-refractivity contribution in [3.63, 3.8) is 0 Å². The number of sulfone groups is 1. The van der Waals surface area contributed by atoms with E-state index in [1.807, 2.05) is 12.1 Å². The minimum atomic E-state index is -3.30. The molecule has 1 aromatic rings. The predicted octanol–water partition coefficient (Wildman–Crippen LogP) is 4.80. The first kappa shape index (κ1) is 21.7. The highest BCUT2D eigenvalue weighted by molar-refractivity contribution is 7.91. The highest BCUT2D eigenvalue weighted by atomic mass is 32.2. The molecule has 0 saturated carbocycles. The molecule has 2 aliphatic rings. The molecule has 0 saturated heterocycles. The van der Waals surface area contributed by atoms with Crippen molar-refractivity contribution in [3.8, 4) is 5.75 Å². The van der Waals surface area contributed by atoms with Crippen LogP contribution in [0.15, 0.2) is 47.4 Å². The fraction of sp³-hybridized carbons (Fsp3) is 0.545. The fourth-order valence-corrected chi connectivity index (χ4v) is 5.66. The molecule has 5 heteroatoms. The van der Waals surface area contributed by atoms with Gasteiger partial charge in [0.25, 0.3) is 0 Å². The van der Waals surface area contributed by atoms with E-state index < -0.39 is 9.84 Å². The largest absolute Gasteiger partial charge is 0.497 e. The summed E-state index contributed by atoms with van der Waals surface area (Å²) in [6.45, 7) is 4.79. The molecule has 1 atom stereocenters. The second-order valence-electron chi connectivity index (χ2n) is 7.26. The van der Waals surface area contributed by atoms with Crippen LogP contribution >= 0.6 is 0 Å². The monoisotopic (exact) mass is 391 g/mol. The lowest BCUT2D eigenvalue weighted by molar-refractivity contribution is 0.313. The topological polar surface area (TPSA) is 55.4 Å². The Morgan fingerprint density at radius 1 is 1.15 bits per heavy atom. The normalized spacial score (nSPS) is 22.9. The molecule has 1 heterocycles. The third kappa shape index (κ3) is 5.94. The maximum Gasteiger partial charge on any atom is 0.180 e. The molecular weight excluding hydrogens is 358 g/mol. The highest BCUT2D eigenvalue weighted by Crippen LogP contribution is 2.32. The summed E-state index contributed by atoms with van der Waals surface area (Å²) in [5.41, 5.74) is 0.517. The molecule has 3 rings (SSSR count). The van der Waals surface area contributed by atoms with Crippen molar-refractivity contribution in [2.75, 3.05) is 12.9 Å². The number of hydrogen-bond acceptors (Lipinski definition) is 4. The van der Waals surface area contributed by atoms with E-state index in [9.17, 15) is 8.42 Å². The van der Waals surface area contributed by atoms with Gasteiger partial charge in [-0.1, -0.05) is 57.1 Å². The molecule has 0 fully saturated rings. The van der Waals surface area contributed by atoms with Gasteiger partial charge < -0.3 is 10.1 Å². The number of nitrogens with one attached hydrogen (secondary N) is 1. The average molecular weight is 392 g/mol. The minimum absolute atomic E-state index is 0.163. The van der Waals surface area contributed by atoms with Crippen LogP contribution < -0.4 is 10.1 Å². The number of rotatable bonds is 5. The summed E-state index contributed by atoms with van der Waals surface area (Å²) in [7, 11) is -1.75. The van der Waals surface area contributed by atoms with E-state index in [0.29, 0.717) is 17.2 Å². The van der Waals surface area contributed by atoms with E-state index in [-0.39, 0.29) is 11.3 Å². The number of hydrogen-bond donors (Lipinski definition) is 1. The molecule has 4 nitrogen and oxygen atoms in total. The van der Waals surface area contributed by atoms with Crippen LogP contribution in [0.25, 0.3) is 0 Å². The van der Waals surface area contributed by atoms with Crippen LogP contribution in [0.1, 0.15) is 57.9 Å². The fourth-order valence-electron chi connectivity index (χ4n) is 3.49. The summed E-state index contributed by atoms with van der Waals surface area (Å²) in [6.07, 6.45) is 14.8. The lowest BCUT2D eigenvalue weighted by atomic mass is 9.91. The lowest BCUT2D eigenvalue weighted by Gasteiger charge is -2.32. The van der Waals surface area contributed by atoms with Crippen molar-refractivity contribution in [1.29, 1.82) is 0 Å². The van der Waals surface area contributed by atoms with Gasteiger partial charge in [-0.3, -0.25) is 0 Å². The molecule has 0 bridgehead atoms. The van der Waals surface area contributed by atoms with E-state index in [1.165, 1.54) is 12.8 Å². The van der Waals surface area contributed by atoms with Crippen LogP contribution in [0.2, 0.25) is 0 Å². The lowest BCUT2D eigenvalue weighted by Crippen LogP contribution is -2.48. The van der Waals surface area contributed by atoms with Crippen LogP contribution in [-0.4, -0.2) is 26.8 Å². The van der Waals surface area contributed by atoms with Gasteiger partial charge in [-0.05, 0) is 43.4 Å². The Labute approximate surface area is 164 Å².